The Balaban J connectivity index is 1.53. The van der Waals surface area contributed by atoms with E-state index in [1.54, 1.807) is 0 Å². The van der Waals surface area contributed by atoms with Crippen molar-refractivity contribution in [2.24, 2.45) is 0 Å². The number of anilines is 2. The number of carbonyl (C=O) groups is 1. The van der Waals surface area contributed by atoms with Gasteiger partial charge in [-0.1, -0.05) is 17.4 Å². The number of nitro benzene ring substituents is 1. The summed E-state index contributed by atoms with van der Waals surface area (Å²) in [6.45, 7) is 0. The molecule has 0 unspecified atom stereocenters. The quantitative estimate of drug-likeness (QED) is 0.316. The number of rotatable bonds is 6. The predicted molar refractivity (Wildman–Crippen MR) is 118 cm³/mol. The van der Waals surface area contributed by atoms with Crippen LogP contribution < -0.4 is 10.0 Å². The van der Waals surface area contributed by atoms with E-state index in [-0.39, 0.29) is 27.0 Å². The van der Waals surface area contributed by atoms with Gasteiger partial charge in [0.2, 0.25) is 0 Å². The van der Waals surface area contributed by atoms with Crippen molar-refractivity contribution in [2.45, 2.75) is 4.90 Å². The molecule has 9 nitrogen and oxygen atoms in total. The van der Waals surface area contributed by atoms with Gasteiger partial charge in [0.05, 0.1) is 20.0 Å². The summed E-state index contributed by atoms with van der Waals surface area (Å²) in [5.74, 6) is -1.10. The highest BCUT2D eigenvalue weighted by atomic mass is 32.2. The van der Waals surface area contributed by atoms with Crippen molar-refractivity contribution in [3.8, 4) is 0 Å². The molecule has 1 heterocycles. The van der Waals surface area contributed by atoms with Gasteiger partial charge >= 0.3 is 0 Å². The molecule has 4 rings (SSSR count). The maximum Gasteiger partial charge on any atom is 0.270 e. The Kier molecular flexibility index (Phi) is 5.55. The number of carbonyl (C=O) groups excluding carboxylic acids is 1. The fourth-order valence-electron chi connectivity index (χ4n) is 2.80. The smallest absolute Gasteiger partial charge is 0.270 e. The Morgan fingerprint density at radius 3 is 2.53 bits per heavy atom. The van der Waals surface area contributed by atoms with Gasteiger partial charge in [0.25, 0.3) is 21.6 Å². The highest BCUT2D eigenvalue weighted by Gasteiger charge is 2.16. The van der Waals surface area contributed by atoms with Crippen LogP contribution in [0.3, 0.4) is 0 Å². The van der Waals surface area contributed by atoms with Crippen LogP contribution in [-0.2, 0) is 10.0 Å². The second-order valence-electron chi connectivity index (χ2n) is 6.52. The molecular formula is C20H13FN4O5S2. The van der Waals surface area contributed by atoms with Crippen molar-refractivity contribution < 1.29 is 22.5 Å². The minimum absolute atomic E-state index is 0.0832. The van der Waals surface area contributed by atoms with E-state index in [2.05, 4.69) is 15.0 Å². The average molecular weight is 472 g/mol. The summed E-state index contributed by atoms with van der Waals surface area (Å²) in [4.78, 5) is 27.1. The fraction of sp³-hybridized carbons (Fsp3) is 0. The molecule has 4 aromatic rings. The lowest BCUT2D eigenvalue weighted by molar-refractivity contribution is -0.384. The van der Waals surface area contributed by atoms with E-state index in [1.165, 1.54) is 42.5 Å². The second kappa shape index (κ2) is 8.32. The number of nitro groups is 1. The first-order valence-corrected chi connectivity index (χ1v) is 11.3. The van der Waals surface area contributed by atoms with E-state index in [0.29, 0.717) is 10.2 Å². The van der Waals surface area contributed by atoms with Crippen LogP contribution in [0.2, 0.25) is 0 Å². The van der Waals surface area contributed by atoms with E-state index in [9.17, 15) is 27.7 Å². The van der Waals surface area contributed by atoms with Gasteiger partial charge in [0, 0.05) is 23.4 Å². The number of thiazole rings is 1. The van der Waals surface area contributed by atoms with E-state index in [0.717, 1.165) is 35.6 Å². The fourth-order valence-corrected chi connectivity index (χ4v) is 4.74. The Labute approximate surface area is 184 Å². The van der Waals surface area contributed by atoms with Crippen LogP contribution in [0.25, 0.3) is 10.2 Å². The summed E-state index contributed by atoms with van der Waals surface area (Å²) in [6, 6.07) is 14.3. The third-order valence-electron chi connectivity index (χ3n) is 4.30. The first-order chi connectivity index (χ1) is 15.2. The van der Waals surface area contributed by atoms with Gasteiger partial charge in [0.15, 0.2) is 5.13 Å². The third kappa shape index (κ3) is 4.55. The molecule has 0 saturated heterocycles. The molecule has 0 spiro atoms. The van der Waals surface area contributed by atoms with E-state index in [1.807, 2.05) is 0 Å². The number of non-ortho nitro benzene ring substituents is 1. The standard InChI is InChI=1S/C20H13FN4O5S2/c21-13-4-7-16(8-5-13)32(29,30)24-14-3-1-2-12(10-14)19(26)23-20-22-17-9-6-15(25(27)28)11-18(17)31-20/h1-11,24H,(H,22,23,26). The molecule has 1 aromatic heterocycles. The van der Waals surface area contributed by atoms with Gasteiger partial charge in [-0.25, -0.2) is 17.8 Å². The van der Waals surface area contributed by atoms with E-state index in [4.69, 9.17) is 0 Å². The highest BCUT2D eigenvalue weighted by molar-refractivity contribution is 7.92. The number of amides is 1. The number of fused-ring (bicyclic) bond motifs is 1. The van der Waals surface area contributed by atoms with E-state index < -0.39 is 26.7 Å². The summed E-state index contributed by atoms with van der Waals surface area (Å²) in [5.41, 5.74) is 0.716. The van der Waals surface area contributed by atoms with Crippen molar-refractivity contribution in [3.63, 3.8) is 0 Å². The molecule has 3 aromatic carbocycles. The van der Waals surface area contributed by atoms with E-state index >= 15 is 0 Å². The summed E-state index contributed by atoms with van der Waals surface area (Å²) in [6.07, 6.45) is 0. The second-order valence-corrected chi connectivity index (χ2v) is 9.24. The average Bonchev–Trinajstić information content (AvgIpc) is 3.15. The predicted octanol–water partition coefficient (Wildman–Crippen LogP) is 4.40. The first-order valence-electron chi connectivity index (χ1n) is 8.96. The summed E-state index contributed by atoms with van der Waals surface area (Å²) < 4.78 is 40.9. The van der Waals surface area contributed by atoms with Crippen LogP contribution in [0.5, 0.6) is 0 Å². The van der Waals surface area contributed by atoms with Crippen LogP contribution >= 0.6 is 11.3 Å². The number of aromatic nitrogens is 1. The molecule has 0 aliphatic heterocycles. The third-order valence-corrected chi connectivity index (χ3v) is 6.64. The van der Waals surface area contributed by atoms with Crippen molar-refractivity contribution >= 4 is 54.0 Å². The summed E-state index contributed by atoms with van der Waals surface area (Å²) in [5, 5.41) is 13.7. The minimum atomic E-state index is -3.97. The van der Waals surface area contributed by atoms with Gasteiger partial charge in [0.1, 0.15) is 5.82 Å². The Hall–Kier alpha value is -3.90. The normalized spacial score (nSPS) is 11.3. The Bertz CT molecular complexity index is 1450. The van der Waals surface area contributed by atoms with Crippen LogP contribution in [-0.4, -0.2) is 24.2 Å². The molecule has 0 aliphatic rings. The zero-order valence-corrected chi connectivity index (χ0v) is 17.6. The van der Waals surface area contributed by atoms with Gasteiger partial charge < -0.3 is 0 Å². The summed E-state index contributed by atoms with van der Waals surface area (Å²) >= 11 is 1.07. The molecule has 1 amide bonds. The molecule has 0 bridgehead atoms. The number of hydrogen-bond acceptors (Lipinski definition) is 7. The number of benzene rings is 3. The van der Waals surface area contributed by atoms with Gasteiger partial charge in [-0.05, 0) is 48.5 Å². The van der Waals surface area contributed by atoms with Crippen LogP contribution in [0.4, 0.5) is 20.9 Å². The maximum absolute atomic E-state index is 13.1. The number of sulfonamides is 1. The van der Waals surface area contributed by atoms with Crippen LogP contribution in [0.1, 0.15) is 10.4 Å². The minimum Gasteiger partial charge on any atom is -0.298 e. The van der Waals surface area contributed by atoms with Crippen molar-refractivity contribution in [3.05, 3.63) is 88.2 Å². The molecule has 0 saturated carbocycles. The molecule has 0 fully saturated rings. The molecule has 32 heavy (non-hydrogen) atoms. The Morgan fingerprint density at radius 2 is 1.81 bits per heavy atom. The molecule has 2 N–H and O–H groups in total. The van der Waals surface area contributed by atoms with Gasteiger partial charge in [-0.2, -0.15) is 0 Å². The molecule has 0 aliphatic carbocycles. The summed E-state index contributed by atoms with van der Waals surface area (Å²) in [7, 11) is -3.97. The largest absolute Gasteiger partial charge is 0.298 e. The number of hydrogen-bond donors (Lipinski definition) is 2. The SMILES string of the molecule is O=C(Nc1nc2ccc([N+](=O)[O-])cc2s1)c1cccc(NS(=O)(=O)c2ccc(F)cc2)c1. The van der Waals surface area contributed by atoms with Crippen LogP contribution in [0.15, 0.2) is 71.6 Å². The number of nitrogens with one attached hydrogen (secondary N) is 2. The van der Waals surface area contributed by atoms with Gasteiger partial charge in [-0.15, -0.1) is 0 Å². The van der Waals surface area contributed by atoms with Gasteiger partial charge in [-0.3, -0.25) is 24.9 Å². The monoisotopic (exact) mass is 472 g/mol. The zero-order valence-electron chi connectivity index (χ0n) is 16.0. The first kappa shape index (κ1) is 21.3. The molecule has 0 atom stereocenters. The lowest BCUT2D eigenvalue weighted by Crippen LogP contribution is -2.15. The Morgan fingerprint density at radius 1 is 1.06 bits per heavy atom. The topological polar surface area (TPSA) is 131 Å². The van der Waals surface area contributed by atoms with Crippen molar-refractivity contribution in [2.75, 3.05) is 10.0 Å². The lowest BCUT2D eigenvalue weighted by atomic mass is 10.2. The van der Waals surface area contributed by atoms with Crippen molar-refractivity contribution in [1.29, 1.82) is 0 Å². The van der Waals surface area contributed by atoms with Crippen molar-refractivity contribution in [1.82, 2.24) is 4.98 Å². The molecule has 0 radical (unpaired) electrons. The molecular weight excluding hydrogens is 459 g/mol. The zero-order chi connectivity index (χ0) is 22.9. The maximum atomic E-state index is 13.1. The highest BCUT2D eigenvalue weighted by Crippen LogP contribution is 2.29. The number of nitrogens with zero attached hydrogens (tertiary/aromatic N) is 2. The van der Waals surface area contributed by atoms with Crippen LogP contribution in [0, 0.1) is 15.9 Å². The number of halogens is 1. The molecule has 162 valence electrons. The molecule has 12 heteroatoms. The lowest BCUT2D eigenvalue weighted by Gasteiger charge is -2.09.